The Morgan fingerprint density at radius 3 is 2.62 bits per heavy atom. The zero-order valence-corrected chi connectivity index (χ0v) is 11.9. The van der Waals surface area contributed by atoms with Crippen LogP contribution in [-0.2, 0) is 11.3 Å². The molecule has 112 valence electrons. The highest BCUT2D eigenvalue weighted by Crippen LogP contribution is 2.18. The average molecular weight is 290 g/mol. The minimum absolute atomic E-state index is 0.0472. The summed E-state index contributed by atoms with van der Waals surface area (Å²) in [7, 11) is 0. The molecule has 2 aromatic heterocycles. The maximum atomic E-state index is 12.5. The lowest BCUT2D eigenvalue weighted by atomic mass is 10.2. The molecule has 2 heterocycles. The van der Waals surface area contributed by atoms with Gasteiger partial charge in [0.2, 0.25) is 0 Å². The summed E-state index contributed by atoms with van der Waals surface area (Å²) in [6.45, 7) is 3.69. The van der Waals surface area contributed by atoms with E-state index in [0.717, 1.165) is 0 Å². The molecule has 6 nitrogen and oxygen atoms in total. The molecular formula is C15H16NO5-. The molecule has 0 aliphatic rings. The van der Waals surface area contributed by atoms with Crippen molar-refractivity contribution in [3.63, 3.8) is 0 Å². The topological polar surface area (TPSA) is 86.7 Å². The first-order valence-electron chi connectivity index (χ1n) is 6.56. The van der Waals surface area contributed by atoms with Crippen LogP contribution in [0, 0.1) is 13.8 Å². The number of carboxylic acids is 1. The van der Waals surface area contributed by atoms with Gasteiger partial charge in [0, 0.05) is 18.9 Å². The van der Waals surface area contributed by atoms with Crippen molar-refractivity contribution in [1.29, 1.82) is 0 Å². The van der Waals surface area contributed by atoms with Gasteiger partial charge in [-0.05, 0) is 32.0 Å². The number of carboxylic acid groups (broad SMARTS) is 1. The largest absolute Gasteiger partial charge is 0.550 e. The molecule has 1 amide bonds. The van der Waals surface area contributed by atoms with Crippen LogP contribution in [0.4, 0.5) is 0 Å². The molecule has 0 radical (unpaired) electrons. The van der Waals surface area contributed by atoms with Gasteiger partial charge in [0.1, 0.15) is 17.3 Å². The molecule has 6 heteroatoms. The third-order valence-corrected chi connectivity index (χ3v) is 3.07. The summed E-state index contributed by atoms with van der Waals surface area (Å²) in [5, 5.41) is 10.6. The molecule has 0 aliphatic carbocycles. The molecule has 0 atom stereocenters. The number of rotatable bonds is 6. The van der Waals surface area contributed by atoms with Gasteiger partial charge >= 0.3 is 0 Å². The van der Waals surface area contributed by atoms with E-state index < -0.39 is 5.97 Å². The molecule has 2 aromatic rings. The molecule has 0 fully saturated rings. The summed E-state index contributed by atoms with van der Waals surface area (Å²) in [6.07, 6.45) is 1.27. The summed E-state index contributed by atoms with van der Waals surface area (Å²) >= 11 is 0. The van der Waals surface area contributed by atoms with E-state index >= 15 is 0 Å². The molecular weight excluding hydrogens is 274 g/mol. The van der Waals surface area contributed by atoms with Crippen LogP contribution >= 0.6 is 0 Å². The maximum Gasteiger partial charge on any atom is 0.257 e. The number of nitrogens with zero attached hydrogens (tertiary/aromatic N) is 1. The molecule has 0 saturated heterocycles. The van der Waals surface area contributed by atoms with Gasteiger partial charge < -0.3 is 23.6 Å². The lowest BCUT2D eigenvalue weighted by molar-refractivity contribution is -0.305. The minimum atomic E-state index is -1.20. The van der Waals surface area contributed by atoms with Crippen molar-refractivity contribution >= 4 is 11.9 Å². The lowest BCUT2D eigenvalue weighted by Crippen LogP contribution is -2.35. The number of carbonyl (C=O) groups is 2. The van der Waals surface area contributed by atoms with E-state index in [4.69, 9.17) is 8.83 Å². The van der Waals surface area contributed by atoms with E-state index in [9.17, 15) is 14.7 Å². The second-order valence-electron chi connectivity index (χ2n) is 4.75. The Hall–Kier alpha value is -2.50. The highest BCUT2D eigenvalue weighted by molar-refractivity contribution is 5.95. The highest BCUT2D eigenvalue weighted by Gasteiger charge is 2.21. The minimum Gasteiger partial charge on any atom is -0.550 e. The summed E-state index contributed by atoms with van der Waals surface area (Å²) in [5.41, 5.74) is 0.428. The zero-order chi connectivity index (χ0) is 15.4. The van der Waals surface area contributed by atoms with Crippen LogP contribution in [0.5, 0.6) is 0 Å². The number of aryl methyl sites for hydroxylation is 2. The Morgan fingerprint density at radius 1 is 1.33 bits per heavy atom. The van der Waals surface area contributed by atoms with E-state index in [-0.39, 0.29) is 25.4 Å². The third-order valence-electron chi connectivity index (χ3n) is 3.07. The smallest absolute Gasteiger partial charge is 0.257 e. The SMILES string of the molecule is Cc1cc(C(=O)N(CCC(=O)[O-])Cc2ccco2)c(C)o1. The van der Waals surface area contributed by atoms with Crippen molar-refractivity contribution in [2.75, 3.05) is 6.54 Å². The van der Waals surface area contributed by atoms with Crippen molar-refractivity contribution < 1.29 is 23.5 Å². The van der Waals surface area contributed by atoms with Crippen LogP contribution < -0.4 is 5.11 Å². The predicted molar refractivity (Wildman–Crippen MR) is 71.3 cm³/mol. The third kappa shape index (κ3) is 3.75. The Kier molecular flexibility index (Phi) is 4.47. The Bertz CT molecular complexity index is 627. The van der Waals surface area contributed by atoms with Gasteiger partial charge in [-0.2, -0.15) is 0 Å². The van der Waals surface area contributed by atoms with Crippen LogP contribution in [0.1, 0.15) is 34.1 Å². The number of hydrogen-bond donors (Lipinski definition) is 0. The normalized spacial score (nSPS) is 10.6. The van der Waals surface area contributed by atoms with Gasteiger partial charge in [-0.3, -0.25) is 4.79 Å². The Morgan fingerprint density at radius 2 is 2.10 bits per heavy atom. The standard InChI is InChI=1S/C15H17NO5/c1-10-8-13(11(2)21-10)15(19)16(6-5-14(17)18)9-12-4-3-7-20-12/h3-4,7-8H,5-6,9H2,1-2H3,(H,17,18)/p-1. The van der Waals surface area contributed by atoms with Gasteiger partial charge in [0.05, 0.1) is 18.4 Å². The highest BCUT2D eigenvalue weighted by atomic mass is 16.4. The molecule has 2 rings (SSSR count). The van der Waals surface area contributed by atoms with Crippen LogP contribution in [0.15, 0.2) is 33.3 Å². The summed E-state index contributed by atoms with van der Waals surface area (Å²) in [6, 6.07) is 5.09. The molecule has 0 bridgehead atoms. The molecule has 0 spiro atoms. The van der Waals surface area contributed by atoms with Crippen LogP contribution in [0.3, 0.4) is 0 Å². The van der Waals surface area contributed by atoms with Crippen molar-refractivity contribution in [1.82, 2.24) is 4.90 Å². The molecule has 0 saturated carbocycles. The van der Waals surface area contributed by atoms with Gasteiger partial charge in [0.15, 0.2) is 0 Å². The molecule has 0 aromatic carbocycles. The molecule has 21 heavy (non-hydrogen) atoms. The number of amides is 1. The maximum absolute atomic E-state index is 12.5. The van der Waals surface area contributed by atoms with Crippen molar-refractivity contribution in [2.45, 2.75) is 26.8 Å². The fourth-order valence-corrected chi connectivity index (χ4v) is 2.08. The van der Waals surface area contributed by atoms with Gasteiger partial charge in [-0.15, -0.1) is 0 Å². The Labute approximate surface area is 122 Å². The van der Waals surface area contributed by atoms with E-state index in [1.54, 1.807) is 32.0 Å². The zero-order valence-electron chi connectivity index (χ0n) is 11.9. The average Bonchev–Trinajstić information content (AvgIpc) is 3.03. The van der Waals surface area contributed by atoms with Gasteiger partial charge in [-0.1, -0.05) is 0 Å². The van der Waals surface area contributed by atoms with E-state index in [2.05, 4.69) is 0 Å². The first-order chi connectivity index (χ1) is 9.97. The monoisotopic (exact) mass is 290 g/mol. The second kappa shape index (κ2) is 6.30. The predicted octanol–water partition coefficient (Wildman–Crippen LogP) is 1.27. The molecule has 0 N–H and O–H groups in total. The summed E-state index contributed by atoms with van der Waals surface area (Å²) in [5.74, 6) is 0.234. The fourth-order valence-electron chi connectivity index (χ4n) is 2.08. The summed E-state index contributed by atoms with van der Waals surface area (Å²) < 4.78 is 10.6. The first kappa shape index (κ1) is 14.9. The fraction of sp³-hybridized carbons (Fsp3) is 0.333. The van der Waals surface area contributed by atoms with Crippen LogP contribution in [-0.4, -0.2) is 23.3 Å². The number of hydrogen-bond acceptors (Lipinski definition) is 5. The van der Waals surface area contributed by atoms with Crippen LogP contribution in [0.25, 0.3) is 0 Å². The number of furan rings is 2. The molecule has 0 unspecified atom stereocenters. The number of aliphatic carboxylic acids is 1. The van der Waals surface area contributed by atoms with Gasteiger partial charge in [0.25, 0.3) is 5.91 Å². The number of carbonyl (C=O) groups excluding carboxylic acids is 2. The second-order valence-corrected chi connectivity index (χ2v) is 4.75. The summed E-state index contributed by atoms with van der Waals surface area (Å²) in [4.78, 5) is 24.6. The van der Waals surface area contributed by atoms with Crippen LogP contribution in [0.2, 0.25) is 0 Å². The Balaban J connectivity index is 2.19. The lowest BCUT2D eigenvalue weighted by Gasteiger charge is -2.21. The van der Waals surface area contributed by atoms with Crippen molar-refractivity contribution in [2.24, 2.45) is 0 Å². The van der Waals surface area contributed by atoms with E-state index in [0.29, 0.717) is 22.8 Å². The van der Waals surface area contributed by atoms with E-state index in [1.807, 2.05) is 0 Å². The molecule has 0 aliphatic heterocycles. The van der Waals surface area contributed by atoms with Crippen molar-refractivity contribution in [3.05, 3.63) is 47.3 Å². The first-order valence-corrected chi connectivity index (χ1v) is 6.56. The van der Waals surface area contributed by atoms with Gasteiger partial charge in [-0.25, -0.2) is 0 Å². The van der Waals surface area contributed by atoms with Crippen molar-refractivity contribution in [3.8, 4) is 0 Å². The quantitative estimate of drug-likeness (QED) is 0.799. The van der Waals surface area contributed by atoms with E-state index in [1.165, 1.54) is 11.2 Å².